The number of rotatable bonds is 6. The molecule has 0 aliphatic carbocycles. The number of benzene rings is 1. The lowest BCUT2D eigenvalue weighted by atomic mass is 10.1. The Labute approximate surface area is 172 Å². The number of amides is 1. The predicted octanol–water partition coefficient (Wildman–Crippen LogP) is 3.30. The molecule has 4 rings (SSSR count). The SMILES string of the molecule is CC(=O)N1CCc2nc([C@H]3CCCN3CCCOc3cccc(C)c3)ncc2C1. The monoisotopic (exact) mass is 394 g/mol. The first kappa shape index (κ1) is 19.8. The van der Waals surface area contributed by atoms with E-state index in [9.17, 15) is 4.79 Å². The van der Waals surface area contributed by atoms with E-state index in [4.69, 9.17) is 9.72 Å². The van der Waals surface area contributed by atoms with Gasteiger partial charge < -0.3 is 9.64 Å². The Hall–Kier alpha value is -2.47. The van der Waals surface area contributed by atoms with E-state index in [-0.39, 0.29) is 5.91 Å². The Morgan fingerprint density at radius 2 is 2.21 bits per heavy atom. The molecular weight excluding hydrogens is 364 g/mol. The Morgan fingerprint density at radius 3 is 3.03 bits per heavy atom. The summed E-state index contributed by atoms with van der Waals surface area (Å²) in [6.45, 7) is 7.90. The van der Waals surface area contributed by atoms with Crippen LogP contribution in [0.5, 0.6) is 5.75 Å². The number of aryl methyl sites for hydroxylation is 1. The number of aromatic nitrogens is 2. The van der Waals surface area contributed by atoms with E-state index in [2.05, 4.69) is 28.9 Å². The topological polar surface area (TPSA) is 58.6 Å². The van der Waals surface area contributed by atoms with Crippen molar-refractivity contribution in [1.29, 1.82) is 0 Å². The van der Waals surface area contributed by atoms with Crippen molar-refractivity contribution in [2.75, 3.05) is 26.2 Å². The number of carbonyl (C=O) groups is 1. The molecule has 1 amide bonds. The van der Waals surface area contributed by atoms with Crippen LogP contribution in [-0.4, -0.2) is 51.9 Å². The molecule has 0 bridgehead atoms. The third-order valence-corrected chi connectivity index (χ3v) is 5.91. The molecule has 2 aliphatic heterocycles. The molecule has 0 spiro atoms. The third kappa shape index (κ3) is 4.75. The third-order valence-electron chi connectivity index (χ3n) is 5.91. The van der Waals surface area contributed by atoms with Crippen LogP contribution in [0, 0.1) is 6.92 Å². The largest absolute Gasteiger partial charge is 0.494 e. The minimum Gasteiger partial charge on any atom is -0.494 e. The molecule has 29 heavy (non-hydrogen) atoms. The standard InChI is InChI=1S/C23H30N4O2/c1-17-6-3-7-20(14-17)29-13-5-11-26-10-4-8-22(26)23-24-15-19-16-27(18(2)28)12-9-21(19)25-23/h3,6-7,14-15,22H,4-5,8-13,16H2,1-2H3/t22-/m1/s1. The molecule has 0 radical (unpaired) electrons. The van der Waals surface area contributed by atoms with Crippen LogP contribution in [0.25, 0.3) is 0 Å². The first-order chi connectivity index (χ1) is 14.1. The second-order valence-electron chi connectivity index (χ2n) is 8.10. The average Bonchev–Trinajstić information content (AvgIpc) is 3.19. The van der Waals surface area contributed by atoms with E-state index >= 15 is 0 Å². The highest BCUT2D eigenvalue weighted by Gasteiger charge is 2.29. The van der Waals surface area contributed by atoms with Crippen LogP contribution < -0.4 is 4.74 Å². The zero-order valence-corrected chi connectivity index (χ0v) is 17.4. The average molecular weight is 395 g/mol. The molecule has 6 heteroatoms. The van der Waals surface area contributed by atoms with Crippen molar-refractivity contribution in [1.82, 2.24) is 19.8 Å². The first-order valence-electron chi connectivity index (χ1n) is 10.6. The summed E-state index contributed by atoms with van der Waals surface area (Å²) in [5.41, 5.74) is 3.42. The summed E-state index contributed by atoms with van der Waals surface area (Å²) in [6, 6.07) is 8.50. The van der Waals surface area contributed by atoms with Crippen molar-refractivity contribution >= 4 is 5.91 Å². The van der Waals surface area contributed by atoms with E-state index in [1.165, 1.54) is 12.0 Å². The van der Waals surface area contributed by atoms with E-state index in [1.807, 2.05) is 23.2 Å². The molecule has 0 unspecified atom stereocenters. The molecule has 2 aliphatic rings. The highest BCUT2D eigenvalue weighted by atomic mass is 16.5. The fourth-order valence-electron chi connectivity index (χ4n) is 4.31. The van der Waals surface area contributed by atoms with Gasteiger partial charge in [-0.1, -0.05) is 12.1 Å². The molecule has 3 heterocycles. The molecule has 154 valence electrons. The second-order valence-corrected chi connectivity index (χ2v) is 8.10. The van der Waals surface area contributed by atoms with E-state index < -0.39 is 0 Å². The van der Waals surface area contributed by atoms with Gasteiger partial charge >= 0.3 is 0 Å². The number of likely N-dealkylation sites (tertiary alicyclic amines) is 1. The van der Waals surface area contributed by atoms with Crippen LogP contribution in [0.15, 0.2) is 30.5 Å². The lowest BCUT2D eigenvalue weighted by Gasteiger charge is -2.28. The fraction of sp³-hybridized carbons (Fsp3) is 0.522. The molecule has 1 atom stereocenters. The Balaban J connectivity index is 1.33. The number of carbonyl (C=O) groups excluding carboxylic acids is 1. The smallest absolute Gasteiger partial charge is 0.219 e. The number of hydrogen-bond acceptors (Lipinski definition) is 5. The van der Waals surface area contributed by atoms with Crippen molar-refractivity contribution in [2.45, 2.75) is 52.1 Å². The molecular formula is C23H30N4O2. The molecule has 6 nitrogen and oxygen atoms in total. The van der Waals surface area contributed by atoms with Crippen molar-refractivity contribution in [3.63, 3.8) is 0 Å². The van der Waals surface area contributed by atoms with Gasteiger partial charge in [0.15, 0.2) is 0 Å². The maximum atomic E-state index is 11.6. The van der Waals surface area contributed by atoms with Gasteiger partial charge in [0.05, 0.1) is 18.3 Å². The van der Waals surface area contributed by atoms with Gasteiger partial charge in [-0.3, -0.25) is 9.69 Å². The van der Waals surface area contributed by atoms with Gasteiger partial charge in [0.25, 0.3) is 0 Å². The maximum absolute atomic E-state index is 11.6. The van der Waals surface area contributed by atoms with Gasteiger partial charge in [0, 0.05) is 44.7 Å². The number of fused-ring (bicyclic) bond motifs is 1. The van der Waals surface area contributed by atoms with Crippen molar-refractivity contribution in [3.8, 4) is 5.75 Å². The van der Waals surface area contributed by atoms with Crippen LogP contribution in [0.3, 0.4) is 0 Å². The van der Waals surface area contributed by atoms with Crippen LogP contribution in [0.4, 0.5) is 0 Å². The number of ether oxygens (including phenoxy) is 1. The highest BCUT2D eigenvalue weighted by Crippen LogP contribution is 2.30. The summed E-state index contributed by atoms with van der Waals surface area (Å²) in [5.74, 6) is 2.01. The predicted molar refractivity (Wildman–Crippen MR) is 112 cm³/mol. The zero-order chi connectivity index (χ0) is 20.2. The fourth-order valence-corrected chi connectivity index (χ4v) is 4.31. The Kier molecular flexibility index (Phi) is 6.09. The highest BCUT2D eigenvalue weighted by molar-refractivity contribution is 5.73. The van der Waals surface area contributed by atoms with Crippen LogP contribution in [-0.2, 0) is 17.8 Å². The van der Waals surface area contributed by atoms with Gasteiger partial charge in [-0.05, 0) is 50.4 Å². The van der Waals surface area contributed by atoms with Crippen LogP contribution in [0.1, 0.15) is 54.9 Å². The molecule has 1 aromatic carbocycles. The molecule has 2 aromatic rings. The molecule has 1 aromatic heterocycles. The Bertz CT molecular complexity index is 870. The summed E-state index contributed by atoms with van der Waals surface area (Å²) in [5, 5.41) is 0. The second kappa shape index (κ2) is 8.91. The molecule has 0 N–H and O–H groups in total. The van der Waals surface area contributed by atoms with Crippen molar-refractivity contribution in [3.05, 3.63) is 53.1 Å². The van der Waals surface area contributed by atoms with E-state index in [0.717, 1.165) is 68.3 Å². The van der Waals surface area contributed by atoms with Gasteiger partial charge in [-0.15, -0.1) is 0 Å². The summed E-state index contributed by atoms with van der Waals surface area (Å²) in [7, 11) is 0. The normalized spacial score (nSPS) is 19.2. The van der Waals surface area contributed by atoms with Crippen LogP contribution in [0.2, 0.25) is 0 Å². The quantitative estimate of drug-likeness (QED) is 0.704. The van der Waals surface area contributed by atoms with Crippen LogP contribution >= 0.6 is 0 Å². The van der Waals surface area contributed by atoms with Crippen molar-refractivity contribution in [2.24, 2.45) is 0 Å². The Morgan fingerprint density at radius 1 is 1.31 bits per heavy atom. The molecule has 1 fully saturated rings. The minimum atomic E-state index is 0.120. The lowest BCUT2D eigenvalue weighted by Crippen LogP contribution is -2.35. The van der Waals surface area contributed by atoms with E-state index in [1.54, 1.807) is 6.92 Å². The minimum absolute atomic E-state index is 0.120. The zero-order valence-electron chi connectivity index (χ0n) is 17.4. The summed E-state index contributed by atoms with van der Waals surface area (Å²) >= 11 is 0. The first-order valence-corrected chi connectivity index (χ1v) is 10.6. The van der Waals surface area contributed by atoms with Crippen molar-refractivity contribution < 1.29 is 9.53 Å². The maximum Gasteiger partial charge on any atom is 0.219 e. The number of nitrogens with zero attached hydrogens (tertiary/aromatic N) is 4. The number of hydrogen-bond donors (Lipinski definition) is 0. The summed E-state index contributed by atoms with van der Waals surface area (Å²) < 4.78 is 5.90. The van der Waals surface area contributed by atoms with Gasteiger partial charge in [0.1, 0.15) is 11.6 Å². The van der Waals surface area contributed by atoms with Gasteiger partial charge in [-0.2, -0.15) is 0 Å². The van der Waals surface area contributed by atoms with Gasteiger partial charge in [-0.25, -0.2) is 9.97 Å². The van der Waals surface area contributed by atoms with E-state index in [0.29, 0.717) is 12.6 Å². The lowest BCUT2D eigenvalue weighted by molar-refractivity contribution is -0.129. The molecule has 0 saturated carbocycles. The summed E-state index contributed by atoms with van der Waals surface area (Å²) in [4.78, 5) is 25.6. The van der Waals surface area contributed by atoms with Gasteiger partial charge in [0.2, 0.25) is 5.91 Å². The molecule has 1 saturated heterocycles. The summed E-state index contributed by atoms with van der Waals surface area (Å²) in [6.07, 6.45) is 6.04.